The normalized spacial score (nSPS) is 15.0. The van der Waals surface area contributed by atoms with Gasteiger partial charge < -0.3 is 20.3 Å². The van der Waals surface area contributed by atoms with Crippen LogP contribution in [0.25, 0.3) is 0 Å². The number of aliphatic imine (C=N–C) groups is 1. The van der Waals surface area contributed by atoms with Crippen molar-refractivity contribution in [3.63, 3.8) is 0 Å². The highest BCUT2D eigenvalue weighted by Crippen LogP contribution is 2.17. The molecule has 2 rings (SSSR count). The van der Waals surface area contributed by atoms with Crippen LogP contribution < -0.4 is 10.6 Å². The van der Waals surface area contributed by atoms with Crippen molar-refractivity contribution in [3.8, 4) is 0 Å². The van der Waals surface area contributed by atoms with E-state index in [1.54, 1.807) is 20.2 Å². The number of carbonyl (C=O) groups is 1. The average molecular weight is 542 g/mol. The molecular weight excluding hydrogens is 512 g/mol. The number of piperazine rings is 1. The minimum absolute atomic E-state index is 0. The Morgan fingerprint density at radius 1 is 1.24 bits per heavy atom. The molecule has 1 heterocycles. The van der Waals surface area contributed by atoms with Gasteiger partial charge in [0, 0.05) is 58.4 Å². The Labute approximate surface area is 194 Å². The van der Waals surface area contributed by atoms with Gasteiger partial charge in [-0.05, 0) is 24.1 Å². The monoisotopic (exact) mass is 541 g/mol. The smallest absolute Gasteiger partial charge is 0.234 e. The molecule has 1 aliphatic rings. The van der Waals surface area contributed by atoms with Gasteiger partial charge >= 0.3 is 0 Å². The summed E-state index contributed by atoms with van der Waals surface area (Å²) in [5.74, 6) is 0.509. The summed E-state index contributed by atoms with van der Waals surface area (Å²) in [4.78, 5) is 20.5. The van der Waals surface area contributed by atoms with Crippen molar-refractivity contribution in [2.45, 2.75) is 6.42 Å². The third-order valence-electron chi connectivity index (χ3n) is 4.57. The third-order valence-corrected chi connectivity index (χ3v) is 4.92. The Kier molecular flexibility index (Phi) is 12.4. The van der Waals surface area contributed by atoms with Gasteiger partial charge in [-0.15, -0.1) is 24.0 Å². The van der Waals surface area contributed by atoms with Crippen LogP contribution in [0.5, 0.6) is 0 Å². The fourth-order valence-corrected chi connectivity index (χ4v) is 3.30. The maximum Gasteiger partial charge on any atom is 0.234 e. The molecule has 1 amide bonds. The van der Waals surface area contributed by atoms with Crippen molar-refractivity contribution in [1.29, 1.82) is 0 Å². The Morgan fingerprint density at radius 2 is 1.97 bits per heavy atom. The molecule has 2 N–H and O–H groups in total. The zero-order chi connectivity index (χ0) is 20.4. The van der Waals surface area contributed by atoms with E-state index in [0.717, 1.165) is 37.7 Å². The molecular formula is C19H30ClFIN5O2. The fourth-order valence-electron chi connectivity index (χ4n) is 3.03. The van der Waals surface area contributed by atoms with Crippen molar-refractivity contribution < 1.29 is 13.9 Å². The van der Waals surface area contributed by atoms with Crippen LogP contribution in [0.2, 0.25) is 5.02 Å². The second kappa shape index (κ2) is 13.9. The number of hydrogen-bond donors (Lipinski definition) is 2. The molecule has 0 bridgehead atoms. The number of ether oxygens (including phenoxy) is 1. The first kappa shape index (κ1) is 25.9. The maximum atomic E-state index is 13.1. The summed E-state index contributed by atoms with van der Waals surface area (Å²) in [5, 5.41) is 6.61. The number of nitrogens with zero attached hydrogens (tertiary/aromatic N) is 3. The van der Waals surface area contributed by atoms with E-state index in [2.05, 4.69) is 25.4 Å². The zero-order valence-electron chi connectivity index (χ0n) is 16.9. The van der Waals surface area contributed by atoms with Crippen molar-refractivity contribution in [1.82, 2.24) is 20.4 Å². The van der Waals surface area contributed by atoms with Gasteiger partial charge in [-0.25, -0.2) is 4.39 Å². The Hall–Kier alpha value is -1.17. The van der Waals surface area contributed by atoms with Crippen LogP contribution in [-0.2, 0) is 16.0 Å². The van der Waals surface area contributed by atoms with Crippen LogP contribution in [0.3, 0.4) is 0 Å². The SMILES string of the molecule is CN=C(NCCc1ccc(F)cc1Cl)N1CCN(CC(=O)NCCOC)CC1.I. The van der Waals surface area contributed by atoms with Crippen LogP contribution in [0.1, 0.15) is 5.56 Å². The second-order valence-electron chi connectivity index (χ2n) is 6.57. The first-order valence-corrected chi connectivity index (χ1v) is 9.78. The molecule has 1 fully saturated rings. The summed E-state index contributed by atoms with van der Waals surface area (Å²) >= 11 is 6.07. The minimum Gasteiger partial charge on any atom is -0.383 e. The molecule has 0 saturated carbocycles. The highest BCUT2D eigenvalue weighted by molar-refractivity contribution is 14.0. The van der Waals surface area contributed by atoms with Gasteiger partial charge in [0.25, 0.3) is 0 Å². The molecule has 10 heteroatoms. The van der Waals surface area contributed by atoms with Crippen LogP contribution in [0.4, 0.5) is 4.39 Å². The van der Waals surface area contributed by atoms with Crippen LogP contribution >= 0.6 is 35.6 Å². The molecule has 1 aliphatic heterocycles. The Morgan fingerprint density at radius 3 is 2.59 bits per heavy atom. The van der Waals surface area contributed by atoms with E-state index in [-0.39, 0.29) is 35.7 Å². The molecule has 1 aromatic carbocycles. The Balaban J connectivity index is 0.00000420. The molecule has 0 unspecified atom stereocenters. The highest BCUT2D eigenvalue weighted by Gasteiger charge is 2.21. The lowest BCUT2D eigenvalue weighted by atomic mass is 10.1. The number of guanidine groups is 1. The topological polar surface area (TPSA) is 69.2 Å². The molecule has 1 saturated heterocycles. The van der Waals surface area contributed by atoms with Gasteiger partial charge in [-0.3, -0.25) is 14.7 Å². The molecule has 7 nitrogen and oxygen atoms in total. The molecule has 0 atom stereocenters. The molecule has 1 aromatic rings. The first-order valence-electron chi connectivity index (χ1n) is 9.41. The summed E-state index contributed by atoms with van der Waals surface area (Å²) in [6.07, 6.45) is 0.680. The average Bonchev–Trinajstić information content (AvgIpc) is 2.68. The third kappa shape index (κ3) is 9.02. The van der Waals surface area contributed by atoms with E-state index in [1.807, 2.05) is 0 Å². The highest BCUT2D eigenvalue weighted by atomic mass is 127. The molecule has 0 aliphatic carbocycles. The quantitative estimate of drug-likeness (QED) is 0.227. The van der Waals surface area contributed by atoms with E-state index < -0.39 is 0 Å². The van der Waals surface area contributed by atoms with Gasteiger partial charge in [0.15, 0.2) is 5.96 Å². The van der Waals surface area contributed by atoms with Gasteiger partial charge in [0.1, 0.15) is 5.82 Å². The molecule has 0 aromatic heterocycles. The number of carbonyl (C=O) groups excluding carboxylic acids is 1. The summed E-state index contributed by atoms with van der Waals surface area (Å²) in [6, 6.07) is 4.45. The zero-order valence-corrected chi connectivity index (χ0v) is 20.0. The predicted molar refractivity (Wildman–Crippen MR) is 125 cm³/mol. The predicted octanol–water partition coefficient (Wildman–Crippen LogP) is 1.60. The summed E-state index contributed by atoms with van der Waals surface area (Å²) < 4.78 is 18.1. The Bertz CT molecular complexity index is 672. The number of amides is 1. The van der Waals surface area contributed by atoms with Gasteiger partial charge in [-0.2, -0.15) is 0 Å². The molecule has 0 spiro atoms. The van der Waals surface area contributed by atoms with Crippen molar-refractivity contribution >= 4 is 47.4 Å². The number of hydrogen-bond acceptors (Lipinski definition) is 4. The lowest BCUT2D eigenvalue weighted by molar-refractivity contribution is -0.122. The maximum absolute atomic E-state index is 13.1. The van der Waals surface area contributed by atoms with Crippen molar-refractivity contribution in [2.24, 2.45) is 4.99 Å². The standard InChI is InChI=1S/C19H29ClFN5O2.HI/c1-22-19(24-6-5-15-3-4-16(21)13-17(15)20)26-10-8-25(9-11-26)14-18(27)23-7-12-28-2;/h3-4,13H,5-12,14H2,1-2H3,(H,22,24)(H,23,27);1H. The van der Waals surface area contributed by atoms with Crippen LogP contribution in [0, 0.1) is 5.82 Å². The van der Waals surface area contributed by atoms with E-state index in [9.17, 15) is 9.18 Å². The van der Waals surface area contributed by atoms with E-state index >= 15 is 0 Å². The number of benzene rings is 1. The number of rotatable bonds is 8. The lowest BCUT2D eigenvalue weighted by Gasteiger charge is -2.36. The summed E-state index contributed by atoms with van der Waals surface area (Å²) in [7, 11) is 3.36. The summed E-state index contributed by atoms with van der Waals surface area (Å²) in [6.45, 7) is 5.27. The van der Waals surface area contributed by atoms with E-state index in [4.69, 9.17) is 16.3 Å². The van der Waals surface area contributed by atoms with Gasteiger partial charge in [0.05, 0.1) is 13.2 Å². The number of nitrogens with one attached hydrogen (secondary N) is 2. The minimum atomic E-state index is -0.331. The van der Waals surface area contributed by atoms with Gasteiger partial charge in [-0.1, -0.05) is 17.7 Å². The van der Waals surface area contributed by atoms with Crippen molar-refractivity contribution in [2.75, 3.05) is 66.6 Å². The first-order chi connectivity index (χ1) is 13.5. The number of methoxy groups -OCH3 is 1. The second-order valence-corrected chi connectivity index (χ2v) is 6.97. The van der Waals surface area contributed by atoms with Crippen LogP contribution in [-0.4, -0.2) is 88.2 Å². The largest absolute Gasteiger partial charge is 0.383 e. The molecule has 164 valence electrons. The molecule has 0 radical (unpaired) electrons. The summed E-state index contributed by atoms with van der Waals surface area (Å²) in [5.41, 5.74) is 0.898. The number of halogens is 3. The van der Waals surface area contributed by atoms with Crippen molar-refractivity contribution in [3.05, 3.63) is 34.6 Å². The molecule has 29 heavy (non-hydrogen) atoms. The van der Waals surface area contributed by atoms with E-state index in [1.165, 1.54) is 12.1 Å². The lowest BCUT2D eigenvalue weighted by Crippen LogP contribution is -2.54. The van der Waals surface area contributed by atoms with Gasteiger partial charge in [0.2, 0.25) is 5.91 Å². The van der Waals surface area contributed by atoms with Crippen LogP contribution in [0.15, 0.2) is 23.2 Å². The fraction of sp³-hybridized carbons (Fsp3) is 0.579. The van der Waals surface area contributed by atoms with E-state index in [0.29, 0.717) is 37.7 Å².